The van der Waals surface area contributed by atoms with Crippen LogP contribution in [0.3, 0.4) is 0 Å². The van der Waals surface area contributed by atoms with Crippen LogP contribution in [0.25, 0.3) is 0 Å². The topological polar surface area (TPSA) is 40.2 Å². The Kier molecular flexibility index (Phi) is 4.64. The summed E-state index contributed by atoms with van der Waals surface area (Å²) in [7, 11) is 2.21. The van der Waals surface area contributed by atoms with Crippen molar-refractivity contribution in [2.24, 2.45) is 5.41 Å². The Hall–Kier alpha value is -1.29. The second-order valence-corrected chi connectivity index (χ2v) is 5.93. The summed E-state index contributed by atoms with van der Waals surface area (Å²) in [4.78, 5) is 6.71. The van der Waals surface area contributed by atoms with Crippen LogP contribution in [0.1, 0.15) is 26.7 Å². The maximum absolute atomic E-state index is 4.29. The standard InChI is InChI=1S/C15H26N4/c1-4-16-14-11-13(5-8-17-14)18-12-15(2)6-9-19(3)10-7-15/h5,8,11H,4,6-7,9-10,12H2,1-3H3,(H2,16,17,18). The maximum atomic E-state index is 4.29. The number of aromatic nitrogens is 1. The quantitative estimate of drug-likeness (QED) is 0.856. The van der Waals surface area contributed by atoms with Crippen LogP contribution in [0.4, 0.5) is 11.5 Å². The van der Waals surface area contributed by atoms with E-state index in [0.29, 0.717) is 5.41 Å². The number of nitrogens with one attached hydrogen (secondary N) is 2. The average molecular weight is 262 g/mol. The molecule has 4 heteroatoms. The van der Waals surface area contributed by atoms with E-state index in [9.17, 15) is 0 Å². The van der Waals surface area contributed by atoms with E-state index in [1.54, 1.807) is 0 Å². The molecule has 0 aromatic carbocycles. The molecule has 0 aliphatic carbocycles. The van der Waals surface area contributed by atoms with Crippen LogP contribution in [0, 0.1) is 5.41 Å². The molecular weight excluding hydrogens is 236 g/mol. The molecule has 19 heavy (non-hydrogen) atoms. The van der Waals surface area contributed by atoms with Gasteiger partial charge in [-0.25, -0.2) is 4.98 Å². The molecule has 0 bridgehead atoms. The summed E-state index contributed by atoms with van der Waals surface area (Å²) in [6, 6.07) is 4.13. The van der Waals surface area contributed by atoms with Gasteiger partial charge in [0.05, 0.1) is 0 Å². The Bertz CT molecular complexity index is 397. The lowest BCUT2D eigenvalue weighted by molar-refractivity contribution is 0.150. The first-order valence-electron chi connectivity index (χ1n) is 7.24. The molecule has 2 rings (SSSR count). The lowest BCUT2D eigenvalue weighted by atomic mass is 9.80. The number of nitrogens with zero attached hydrogens (tertiary/aromatic N) is 2. The number of rotatable bonds is 5. The first-order valence-corrected chi connectivity index (χ1v) is 7.24. The highest BCUT2D eigenvalue weighted by atomic mass is 15.1. The normalized spacial score (nSPS) is 19.1. The second-order valence-electron chi connectivity index (χ2n) is 5.93. The number of anilines is 2. The highest BCUT2D eigenvalue weighted by Gasteiger charge is 2.28. The van der Waals surface area contributed by atoms with E-state index in [2.05, 4.69) is 47.5 Å². The number of piperidine rings is 1. The van der Waals surface area contributed by atoms with E-state index < -0.39 is 0 Å². The second kappa shape index (κ2) is 6.24. The fourth-order valence-electron chi connectivity index (χ4n) is 2.47. The molecule has 0 radical (unpaired) electrons. The number of likely N-dealkylation sites (tertiary alicyclic amines) is 1. The minimum absolute atomic E-state index is 0.411. The van der Waals surface area contributed by atoms with Crippen LogP contribution in [0.15, 0.2) is 18.3 Å². The van der Waals surface area contributed by atoms with Gasteiger partial charge in [-0.3, -0.25) is 0 Å². The van der Waals surface area contributed by atoms with E-state index in [4.69, 9.17) is 0 Å². The van der Waals surface area contributed by atoms with Crippen LogP contribution in [0.5, 0.6) is 0 Å². The monoisotopic (exact) mass is 262 g/mol. The smallest absolute Gasteiger partial charge is 0.127 e. The molecule has 0 spiro atoms. The van der Waals surface area contributed by atoms with Gasteiger partial charge < -0.3 is 15.5 Å². The predicted octanol–water partition coefficient (Wildman–Crippen LogP) is 2.66. The van der Waals surface area contributed by atoms with Crippen LogP contribution in [-0.2, 0) is 0 Å². The maximum Gasteiger partial charge on any atom is 0.127 e. The first-order chi connectivity index (χ1) is 9.11. The summed E-state index contributed by atoms with van der Waals surface area (Å²) in [5.74, 6) is 0.945. The molecular formula is C15H26N4. The molecule has 0 atom stereocenters. The zero-order valence-electron chi connectivity index (χ0n) is 12.4. The SMILES string of the molecule is CCNc1cc(NCC2(C)CCN(C)CC2)ccn1. The fourth-order valence-corrected chi connectivity index (χ4v) is 2.47. The van der Waals surface area contributed by atoms with Gasteiger partial charge in [0.2, 0.25) is 0 Å². The molecule has 0 saturated carbocycles. The van der Waals surface area contributed by atoms with Crippen molar-refractivity contribution in [3.05, 3.63) is 18.3 Å². The van der Waals surface area contributed by atoms with Crippen LogP contribution in [-0.4, -0.2) is 43.1 Å². The molecule has 1 aromatic rings. The summed E-state index contributed by atoms with van der Waals surface area (Å²) in [5.41, 5.74) is 1.57. The van der Waals surface area contributed by atoms with Gasteiger partial charge in [-0.15, -0.1) is 0 Å². The summed E-state index contributed by atoms with van der Waals surface area (Å²) in [6.07, 6.45) is 4.39. The Labute approximate surface area is 116 Å². The highest BCUT2D eigenvalue weighted by molar-refractivity contribution is 5.51. The van der Waals surface area contributed by atoms with Gasteiger partial charge in [0.25, 0.3) is 0 Å². The van der Waals surface area contributed by atoms with Crippen molar-refractivity contribution in [2.45, 2.75) is 26.7 Å². The molecule has 1 saturated heterocycles. The minimum atomic E-state index is 0.411. The van der Waals surface area contributed by atoms with Gasteiger partial charge in [-0.1, -0.05) is 6.92 Å². The van der Waals surface area contributed by atoms with Crippen molar-refractivity contribution in [2.75, 3.05) is 43.9 Å². The number of pyridine rings is 1. The van der Waals surface area contributed by atoms with Crippen molar-refractivity contribution in [3.8, 4) is 0 Å². The molecule has 106 valence electrons. The molecule has 0 amide bonds. The average Bonchev–Trinajstić information content (AvgIpc) is 2.41. The third kappa shape index (κ3) is 4.10. The lowest BCUT2D eigenvalue weighted by Crippen LogP contribution is -2.40. The van der Waals surface area contributed by atoms with Crippen LogP contribution >= 0.6 is 0 Å². The zero-order chi connectivity index (χ0) is 13.7. The van der Waals surface area contributed by atoms with E-state index in [0.717, 1.165) is 24.6 Å². The molecule has 4 nitrogen and oxygen atoms in total. The Morgan fingerprint density at radius 1 is 1.32 bits per heavy atom. The number of hydrogen-bond acceptors (Lipinski definition) is 4. The molecule has 1 aliphatic heterocycles. The summed E-state index contributed by atoms with van der Waals surface area (Å²) >= 11 is 0. The van der Waals surface area contributed by atoms with Crippen molar-refractivity contribution in [3.63, 3.8) is 0 Å². The van der Waals surface area contributed by atoms with Gasteiger partial charge in [-0.2, -0.15) is 0 Å². The third-order valence-electron chi connectivity index (χ3n) is 4.03. The number of hydrogen-bond donors (Lipinski definition) is 2. The molecule has 1 aromatic heterocycles. The predicted molar refractivity (Wildman–Crippen MR) is 81.7 cm³/mol. The minimum Gasteiger partial charge on any atom is -0.384 e. The molecule has 2 heterocycles. The lowest BCUT2D eigenvalue weighted by Gasteiger charge is -2.38. The molecule has 1 fully saturated rings. The van der Waals surface area contributed by atoms with Gasteiger partial charge in [0.1, 0.15) is 5.82 Å². The first kappa shape index (κ1) is 14.1. The molecule has 0 unspecified atom stereocenters. The summed E-state index contributed by atoms with van der Waals surface area (Å²) < 4.78 is 0. The van der Waals surface area contributed by atoms with Gasteiger partial charge >= 0.3 is 0 Å². The Balaban J connectivity index is 1.89. The Morgan fingerprint density at radius 2 is 2.05 bits per heavy atom. The highest BCUT2D eigenvalue weighted by Crippen LogP contribution is 2.30. The van der Waals surface area contributed by atoms with E-state index in [1.165, 1.54) is 25.9 Å². The van der Waals surface area contributed by atoms with Crippen LogP contribution < -0.4 is 10.6 Å². The largest absolute Gasteiger partial charge is 0.384 e. The summed E-state index contributed by atoms with van der Waals surface area (Å²) in [6.45, 7) is 8.83. The van der Waals surface area contributed by atoms with Crippen molar-refractivity contribution in [1.29, 1.82) is 0 Å². The van der Waals surface area contributed by atoms with Crippen molar-refractivity contribution in [1.82, 2.24) is 9.88 Å². The fraction of sp³-hybridized carbons (Fsp3) is 0.667. The van der Waals surface area contributed by atoms with Crippen LogP contribution in [0.2, 0.25) is 0 Å². The van der Waals surface area contributed by atoms with E-state index in [-0.39, 0.29) is 0 Å². The van der Waals surface area contributed by atoms with E-state index in [1.807, 2.05) is 12.3 Å². The third-order valence-corrected chi connectivity index (χ3v) is 4.03. The summed E-state index contributed by atoms with van der Waals surface area (Å²) in [5, 5.41) is 6.81. The molecule has 2 N–H and O–H groups in total. The Morgan fingerprint density at radius 3 is 2.74 bits per heavy atom. The van der Waals surface area contributed by atoms with Gasteiger partial charge in [-0.05, 0) is 51.4 Å². The van der Waals surface area contributed by atoms with Gasteiger partial charge in [0.15, 0.2) is 0 Å². The van der Waals surface area contributed by atoms with Crippen molar-refractivity contribution >= 4 is 11.5 Å². The van der Waals surface area contributed by atoms with Gasteiger partial charge in [0, 0.05) is 31.0 Å². The van der Waals surface area contributed by atoms with E-state index >= 15 is 0 Å². The molecule has 1 aliphatic rings. The zero-order valence-corrected chi connectivity index (χ0v) is 12.4. The van der Waals surface area contributed by atoms with Crippen molar-refractivity contribution < 1.29 is 0 Å².